The molecular formula is C20H18O2. The van der Waals surface area contributed by atoms with Gasteiger partial charge in [-0.1, -0.05) is 72.8 Å². The zero-order valence-electron chi connectivity index (χ0n) is 12.3. The van der Waals surface area contributed by atoms with Crippen molar-refractivity contribution in [2.75, 3.05) is 0 Å². The molecule has 0 aliphatic heterocycles. The van der Waals surface area contributed by atoms with E-state index in [2.05, 4.69) is 36.4 Å². The van der Waals surface area contributed by atoms with Crippen LogP contribution in [0.4, 0.5) is 0 Å². The summed E-state index contributed by atoms with van der Waals surface area (Å²) in [4.78, 5) is 0. The third-order valence-electron chi connectivity index (χ3n) is 3.60. The van der Waals surface area contributed by atoms with E-state index in [0.717, 1.165) is 16.9 Å². The fourth-order valence-electron chi connectivity index (χ4n) is 2.36. The Morgan fingerprint density at radius 3 is 2.05 bits per heavy atom. The van der Waals surface area contributed by atoms with Crippen LogP contribution in [0.2, 0.25) is 0 Å². The van der Waals surface area contributed by atoms with Gasteiger partial charge < -0.3 is 9.84 Å². The third-order valence-corrected chi connectivity index (χ3v) is 3.60. The fraction of sp³-hybridized carbons (Fsp3) is 0.100. The van der Waals surface area contributed by atoms with Crippen LogP contribution in [0, 0.1) is 0 Å². The lowest BCUT2D eigenvalue weighted by atomic mass is 10.0. The van der Waals surface area contributed by atoms with Gasteiger partial charge in [-0.2, -0.15) is 0 Å². The smallest absolute Gasteiger partial charge is 0.125 e. The van der Waals surface area contributed by atoms with Gasteiger partial charge in [0, 0.05) is 5.56 Å². The molecule has 3 rings (SSSR count). The van der Waals surface area contributed by atoms with E-state index in [0.29, 0.717) is 6.61 Å². The molecule has 0 unspecified atom stereocenters. The van der Waals surface area contributed by atoms with Gasteiger partial charge in [-0.05, 0) is 22.8 Å². The Hall–Kier alpha value is -2.58. The molecule has 0 aromatic heterocycles. The lowest BCUT2D eigenvalue weighted by molar-refractivity contribution is 0.259. The van der Waals surface area contributed by atoms with Gasteiger partial charge in [0.1, 0.15) is 12.4 Å². The summed E-state index contributed by atoms with van der Waals surface area (Å²) in [7, 11) is 0. The Labute approximate surface area is 130 Å². The summed E-state index contributed by atoms with van der Waals surface area (Å²) >= 11 is 0. The van der Waals surface area contributed by atoms with E-state index in [-0.39, 0.29) is 6.61 Å². The summed E-state index contributed by atoms with van der Waals surface area (Å²) in [6.45, 7) is 0.481. The van der Waals surface area contributed by atoms with Gasteiger partial charge in [-0.25, -0.2) is 0 Å². The van der Waals surface area contributed by atoms with E-state index in [1.165, 1.54) is 11.1 Å². The molecule has 0 saturated heterocycles. The minimum atomic E-state index is -0.0108. The van der Waals surface area contributed by atoms with Crippen molar-refractivity contribution in [3.63, 3.8) is 0 Å². The molecular weight excluding hydrogens is 272 g/mol. The standard InChI is InChI=1S/C20H18O2/c21-14-19-8-4-5-9-20(19)22-15-16-10-12-18(13-11-16)17-6-2-1-3-7-17/h1-13,21H,14-15H2. The molecule has 0 atom stereocenters. The highest BCUT2D eigenvalue weighted by Crippen LogP contribution is 2.21. The molecule has 0 heterocycles. The summed E-state index contributed by atoms with van der Waals surface area (Å²) in [5, 5.41) is 9.30. The van der Waals surface area contributed by atoms with Crippen molar-refractivity contribution in [2.24, 2.45) is 0 Å². The van der Waals surface area contributed by atoms with Crippen LogP contribution in [-0.4, -0.2) is 5.11 Å². The SMILES string of the molecule is OCc1ccccc1OCc1ccc(-c2ccccc2)cc1. The molecule has 2 heteroatoms. The first-order chi connectivity index (χ1) is 10.9. The molecule has 3 aromatic rings. The Kier molecular flexibility index (Phi) is 4.52. The summed E-state index contributed by atoms with van der Waals surface area (Å²) in [6.07, 6.45) is 0. The maximum atomic E-state index is 9.30. The van der Waals surface area contributed by atoms with Crippen molar-refractivity contribution >= 4 is 0 Å². The van der Waals surface area contributed by atoms with Crippen molar-refractivity contribution < 1.29 is 9.84 Å². The number of aliphatic hydroxyl groups is 1. The van der Waals surface area contributed by atoms with E-state index in [1.807, 2.05) is 42.5 Å². The first-order valence-electron chi connectivity index (χ1n) is 7.33. The van der Waals surface area contributed by atoms with Crippen LogP contribution in [0.1, 0.15) is 11.1 Å². The first kappa shape index (κ1) is 14.4. The van der Waals surface area contributed by atoms with Gasteiger partial charge in [0.2, 0.25) is 0 Å². The number of ether oxygens (including phenoxy) is 1. The summed E-state index contributed by atoms with van der Waals surface area (Å²) < 4.78 is 5.80. The average Bonchev–Trinajstić information content (AvgIpc) is 2.61. The zero-order chi connectivity index (χ0) is 15.2. The molecule has 0 bridgehead atoms. The quantitative estimate of drug-likeness (QED) is 0.753. The van der Waals surface area contributed by atoms with Gasteiger partial charge in [0.15, 0.2) is 0 Å². The first-order valence-corrected chi connectivity index (χ1v) is 7.33. The molecule has 0 fully saturated rings. The predicted octanol–water partition coefficient (Wildman–Crippen LogP) is 4.42. The summed E-state index contributed by atoms with van der Waals surface area (Å²) in [5.41, 5.74) is 4.32. The van der Waals surface area contributed by atoms with E-state index >= 15 is 0 Å². The molecule has 2 nitrogen and oxygen atoms in total. The van der Waals surface area contributed by atoms with E-state index in [4.69, 9.17) is 4.74 Å². The van der Waals surface area contributed by atoms with Gasteiger partial charge in [0.25, 0.3) is 0 Å². The number of para-hydroxylation sites is 1. The maximum Gasteiger partial charge on any atom is 0.125 e. The van der Waals surface area contributed by atoms with Gasteiger partial charge >= 0.3 is 0 Å². The molecule has 22 heavy (non-hydrogen) atoms. The molecule has 1 N–H and O–H groups in total. The normalized spacial score (nSPS) is 10.4. The number of aliphatic hydroxyl groups excluding tert-OH is 1. The second-order valence-corrected chi connectivity index (χ2v) is 5.12. The highest BCUT2D eigenvalue weighted by molar-refractivity contribution is 5.63. The van der Waals surface area contributed by atoms with E-state index in [9.17, 15) is 5.11 Å². The molecule has 0 radical (unpaired) electrons. The van der Waals surface area contributed by atoms with Crippen molar-refractivity contribution in [3.05, 3.63) is 90.0 Å². The molecule has 0 amide bonds. The molecule has 3 aromatic carbocycles. The van der Waals surface area contributed by atoms with Crippen LogP contribution in [0.3, 0.4) is 0 Å². The zero-order valence-corrected chi connectivity index (χ0v) is 12.3. The van der Waals surface area contributed by atoms with Crippen LogP contribution >= 0.6 is 0 Å². The highest BCUT2D eigenvalue weighted by Gasteiger charge is 2.02. The minimum absolute atomic E-state index is 0.0108. The van der Waals surface area contributed by atoms with E-state index in [1.54, 1.807) is 0 Å². The maximum absolute atomic E-state index is 9.30. The predicted molar refractivity (Wildman–Crippen MR) is 88.6 cm³/mol. The Balaban J connectivity index is 1.69. The second-order valence-electron chi connectivity index (χ2n) is 5.12. The van der Waals surface area contributed by atoms with Crippen molar-refractivity contribution in [2.45, 2.75) is 13.2 Å². The Morgan fingerprint density at radius 1 is 0.682 bits per heavy atom. The van der Waals surface area contributed by atoms with Gasteiger partial charge in [-0.3, -0.25) is 0 Å². The number of hydrogen-bond donors (Lipinski definition) is 1. The van der Waals surface area contributed by atoms with Gasteiger partial charge in [-0.15, -0.1) is 0 Å². The Morgan fingerprint density at radius 2 is 1.32 bits per heavy atom. The lowest BCUT2D eigenvalue weighted by Gasteiger charge is -2.10. The van der Waals surface area contributed by atoms with E-state index < -0.39 is 0 Å². The fourth-order valence-corrected chi connectivity index (χ4v) is 2.36. The Bertz CT molecular complexity index is 718. The van der Waals surface area contributed by atoms with Crippen molar-refractivity contribution in [3.8, 4) is 16.9 Å². The molecule has 0 saturated carbocycles. The molecule has 0 spiro atoms. The number of rotatable bonds is 5. The average molecular weight is 290 g/mol. The van der Waals surface area contributed by atoms with Crippen LogP contribution in [-0.2, 0) is 13.2 Å². The van der Waals surface area contributed by atoms with Crippen LogP contribution in [0.25, 0.3) is 11.1 Å². The van der Waals surface area contributed by atoms with Crippen molar-refractivity contribution in [1.82, 2.24) is 0 Å². The summed E-state index contributed by atoms with van der Waals surface area (Å²) in [5.74, 6) is 0.733. The van der Waals surface area contributed by atoms with Gasteiger partial charge in [0.05, 0.1) is 6.61 Å². The molecule has 0 aliphatic carbocycles. The molecule has 0 aliphatic rings. The third kappa shape index (κ3) is 3.35. The van der Waals surface area contributed by atoms with Crippen molar-refractivity contribution in [1.29, 1.82) is 0 Å². The van der Waals surface area contributed by atoms with Crippen LogP contribution in [0.15, 0.2) is 78.9 Å². The largest absolute Gasteiger partial charge is 0.489 e. The topological polar surface area (TPSA) is 29.5 Å². The second kappa shape index (κ2) is 6.92. The summed E-state index contributed by atoms with van der Waals surface area (Å²) in [6, 6.07) is 26.2. The monoisotopic (exact) mass is 290 g/mol. The lowest BCUT2D eigenvalue weighted by Crippen LogP contribution is -1.98. The van der Waals surface area contributed by atoms with Crippen LogP contribution < -0.4 is 4.74 Å². The highest BCUT2D eigenvalue weighted by atomic mass is 16.5. The number of hydrogen-bond acceptors (Lipinski definition) is 2. The van der Waals surface area contributed by atoms with Crippen LogP contribution in [0.5, 0.6) is 5.75 Å². The number of benzene rings is 3. The minimum Gasteiger partial charge on any atom is -0.489 e. The molecule has 110 valence electrons.